The van der Waals surface area contributed by atoms with E-state index in [0.29, 0.717) is 85.2 Å². The molecule has 1 aliphatic rings. The number of hydrogen-bond donors (Lipinski definition) is 1. The molecule has 1 heterocycles. The van der Waals surface area contributed by atoms with Crippen LogP contribution < -0.4 is 10.1 Å². The maximum absolute atomic E-state index is 15.0. The second kappa shape index (κ2) is 27.0. The fourth-order valence-electron chi connectivity index (χ4n) is 11.2. The summed E-state index contributed by atoms with van der Waals surface area (Å²) in [5.74, 6) is 0.124. The van der Waals surface area contributed by atoms with Crippen LogP contribution in [0.5, 0.6) is 5.75 Å². The van der Waals surface area contributed by atoms with E-state index < -0.39 is 54.2 Å². The summed E-state index contributed by atoms with van der Waals surface area (Å²) < 4.78 is 50.1. The molecule has 388 valence electrons. The van der Waals surface area contributed by atoms with Crippen LogP contribution in [-0.4, -0.2) is 95.9 Å². The van der Waals surface area contributed by atoms with Gasteiger partial charge >= 0.3 is 0 Å². The molecule has 0 spiro atoms. The van der Waals surface area contributed by atoms with Crippen LogP contribution in [0.15, 0.2) is 95.9 Å². The van der Waals surface area contributed by atoms with E-state index in [9.17, 15) is 23.3 Å². The number of nitro groups is 1. The average molecular weight is 1020 g/mol. The van der Waals surface area contributed by atoms with Gasteiger partial charge in [0.25, 0.3) is 5.69 Å². The third kappa shape index (κ3) is 14.9. The molecule has 16 heteroatoms. The lowest BCUT2D eigenvalue weighted by molar-refractivity contribution is -0.387. The molecular weight excluding hydrogens is 937 g/mol. The molecule has 0 aliphatic carbocycles. The lowest BCUT2D eigenvalue weighted by Gasteiger charge is -2.42. The summed E-state index contributed by atoms with van der Waals surface area (Å²) in [4.78, 5) is 42.3. The Morgan fingerprint density at radius 1 is 0.714 bits per heavy atom. The number of aryl methyl sites for hydroxylation is 1. The second-order valence-corrected chi connectivity index (χ2v) is 33.6. The van der Waals surface area contributed by atoms with Crippen LogP contribution in [0.25, 0.3) is 0 Å². The third-order valence-corrected chi connectivity index (χ3v) is 28.6. The van der Waals surface area contributed by atoms with E-state index in [1.807, 2.05) is 54.6 Å². The summed E-state index contributed by atoms with van der Waals surface area (Å²) >= 11 is 0. The summed E-state index contributed by atoms with van der Waals surface area (Å²) in [6, 6.07) is 21.4. The molecular formula is C54H84N4O9SSi2. The minimum Gasteiger partial charge on any atom is -0.489 e. The molecule has 70 heavy (non-hydrogen) atoms. The van der Waals surface area contributed by atoms with Gasteiger partial charge in [-0.3, -0.25) is 19.7 Å². The quantitative estimate of drug-likeness (QED) is 0.0287. The van der Waals surface area contributed by atoms with Gasteiger partial charge in [0.05, 0.1) is 4.92 Å². The van der Waals surface area contributed by atoms with Gasteiger partial charge in [0.1, 0.15) is 18.4 Å². The highest BCUT2D eigenvalue weighted by Crippen LogP contribution is 2.43. The van der Waals surface area contributed by atoms with Gasteiger partial charge in [0, 0.05) is 51.4 Å². The number of hydrogen-bond acceptors (Lipinski definition) is 9. The van der Waals surface area contributed by atoms with Gasteiger partial charge in [0.2, 0.25) is 21.8 Å². The Kier molecular flexibility index (Phi) is 22.5. The molecule has 13 nitrogen and oxygen atoms in total. The second-order valence-electron chi connectivity index (χ2n) is 20.8. The molecule has 1 N–H and O–H groups in total. The van der Waals surface area contributed by atoms with Gasteiger partial charge in [-0.05, 0) is 94.7 Å². The minimum absolute atomic E-state index is 0.0525. The van der Waals surface area contributed by atoms with Crippen molar-refractivity contribution in [1.29, 1.82) is 0 Å². The van der Waals surface area contributed by atoms with Crippen LogP contribution in [0.2, 0.25) is 33.2 Å². The van der Waals surface area contributed by atoms with Crippen molar-refractivity contribution in [3.8, 4) is 5.75 Å². The fraction of sp³-hybridized carbons (Fsp3) is 0.593. The van der Waals surface area contributed by atoms with Crippen LogP contribution in [-0.2, 0) is 41.5 Å². The highest BCUT2D eigenvalue weighted by molar-refractivity contribution is 7.89. The first-order chi connectivity index (χ1) is 33.1. The van der Waals surface area contributed by atoms with Gasteiger partial charge in [-0.25, -0.2) is 8.42 Å². The Morgan fingerprint density at radius 2 is 1.23 bits per heavy atom. The lowest BCUT2D eigenvalue weighted by atomic mass is 10.0. The largest absolute Gasteiger partial charge is 0.489 e. The number of nitrogens with one attached hydrogen (secondary N) is 1. The molecule has 0 saturated carbocycles. The zero-order valence-electron chi connectivity index (χ0n) is 44.2. The molecule has 3 aromatic rings. The van der Waals surface area contributed by atoms with Crippen LogP contribution in [0.3, 0.4) is 0 Å². The van der Waals surface area contributed by atoms with Crippen molar-refractivity contribution in [3.05, 3.63) is 112 Å². The topological polar surface area (TPSA) is 158 Å². The molecule has 0 unspecified atom stereocenters. The smallest absolute Gasteiger partial charge is 0.289 e. The van der Waals surface area contributed by atoms with E-state index in [4.69, 9.17) is 13.6 Å². The van der Waals surface area contributed by atoms with Crippen LogP contribution >= 0.6 is 0 Å². The summed E-state index contributed by atoms with van der Waals surface area (Å²) in [5, 5.41) is 15.4. The van der Waals surface area contributed by atoms with Gasteiger partial charge in [-0.2, -0.15) is 4.31 Å². The van der Waals surface area contributed by atoms with E-state index in [-0.39, 0.29) is 37.9 Å². The Balaban J connectivity index is 1.69. The molecule has 0 fully saturated rings. The maximum atomic E-state index is 15.0. The Bertz CT molecular complexity index is 2210. The monoisotopic (exact) mass is 1020 g/mol. The number of nitrogens with zero attached hydrogens (tertiary/aromatic N) is 3. The number of para-hydroxylation sites is 1. The SMILES string of the molecule is CC(C)[Si](OCCC[C@H]1CN(S(=O)(=O)c2ccccc2[N+](=O)[O-])C/C=C/CN(C(=O)CCc2ccc(OCc3ccccc3)cc2)[C@@H](CCCO[Si](C(C)C)(C(C)C)C(C)C)C(=O)N1)(C(C)C)C(C)C. The Morgan fingerprint density at radius 3 is 1.77 bits per heavy atom. The molecule has 0 aromatic heterocycles. The van der Waals surface area contributed by atoms with E-state index in [1.54, 1.807) is 17.1 Å². The van der Waals surface area contributed by atoms with E-state index in [0.717, 1.165) is 16.9 Å². The first-order valence-corrected chi connectivity index (χ1v) is 31.3. The first kappa shape index (κ1) is 58.4. The molecule has 0 radical (unpaired) electrons. The van der Waals surface area contributed by atoms with Crippen molar-refractivity contribution in [2.75, 3.05) is 32.8 Å². The van der Waals surface area contributed by atoms with E-state index in [1.165, 1.54) is 28.6 Å². The summed E-state index contributed by atoms with van der Waals surface area (Å²) in [7, 11) is -8.92. The van der Waals surface area contributed by atoms with Crippen LogP contribution in [0, 0.1) is 10.1 Å². The van der Waals surface area contributed by atoms with Gasteiger partial charge in [-0.15, -0.1) is 0 Å². The number of benzene rings is 3. The number of amides is 2. The number of rotatable bonds is 25. The Hall–Kier alpha value is -4.20. The first-order valence-electron chi connectivity index (χ1n) is 25.6. The molecule has 4 rings (SSSR count). The van der Waals surface area contributed by atoms with Crippen molar-refractivity contribution >= 4 is 44.2 Å². The van der Waals surface area contributed by atoms with Crippen molar-refractivity contribution < 1.29 is 36.5 Å². The number of carbonyl (C=O) groups excluding carboxylic acids is 2. The molecule has 0 bridgehead atoms. The van der Waals surface area contributed by atoms with Gasteiger partial charge in [-0.1, -0.05) is 150 Å². The van der Waals surface area contributed by atoms with Crippen molar-refractivity contribution in [1.82, 2.24) is 14.5 Å². The third-order valence-electron chi connectivity index (χ3n) is 14.5. The lowest BCUT2D eigenvalue weighted by Crippen LogP contribution is -2.54. The van der Waals surface area contributed by atoms with Gasteiger partial charge in [0.15, 0.2) is 21.5 Å². The van der Waals surface area contributed by atoms with Crippen LogP contribution in [0.4, 0.5) is 5.69 Å². The van der Waals surface area contributed by atoms with Crippen LogP contribution in [0.1, 0.15) is 126 Å². The summed E-state index contributed by atoms with van der Waals surface area (Å²) in [6.45, 7) is 27.9. The average Bonchev–Trinajstić information content (AvgIpc) is 3.33. The Labute approximate surface area is 422 Å². The maximum Gasteiger partial charge on any atom is 0.289 e. The molecule has 1 aliphatic heterocycles. The number of sulfonamides is 1. The van der Waals surface area contributed by atoms with E-state index >= 15 is 4.79 Å². The molecule has 2 amide bonds. The molecule has 3 aromatic carbocycles. The molecule has 2 atom stereocenters. The zero-order chi connectivity index (χ0) is 51.8. The predicted octanol–water partition coefficient (Wildman–Crippen LogP) is 12.0. The predicted molar refractivity (Wildman–Crippen MR) is 286 cm³/mol. The number of carbonyl (C=O) groups is 2. The molecule has 0 saturated heterocycles. The highest BCUT2D eigenvalue weighted by Gasteiger charge is 2.46. The summed E-state index contributed by atoms with van der Waals surface area (Å²) in [6.07, 6.45) is 5.73. The number of ether oxygens (including phenoxy) is 1. The van der Waals surface area contributed by atoms with Gasteiger partial charge < -0.3 is 23.8 Å². The fourth-order valence-corrected chi connectivity index (χ4v) is 23.8. The van der Waals surface area contributed by atoms with Crippen molar-refractivity contribution in [2.45, 2.75) is 178 Å². The minimum atomic E-state index is -4.45. The van der Waals surface area contributed by atoms with Crippen molar-refractivity contribution in [2.24, 2.45) is 0 Å². The normalized spacial score (nSPS) is 17.4. The standard InChI is InChI=1S/C54H84N4O9SSi2/c1-40(2)69(41(3)4,42(5)6)66-36-20-24-48-38-56(68(63,64)52-27-17-16-25-50(52)58(61)62)34-18-19-35-57(51(54(60)55-48)26-21-37-67-70(43(7)8,44(9)10)45(11)12)53(59)33-30-46-28-31-49(32-29-46)65-39-47-22-14-13-15-23-47/h13-19,22-23,25,27-29,31-32,40-45,48,51H,20-21,24,26,30,33-39H2,1-12H3,(H,55,60)/b19-18+/t48-,51-/m0/s1. The van der Waals surface area contributed by atoms with Crippen molar-refractivity contribution in [3.63, 3.8) is 0 Å². The summed E-state index contributed by atoms with van der Waals surface area (Å²) in [5.41, 5.74) is 3.67. The number of nitro benzene ring substituents is 1. The van der Waals surface area contributed by atoms with E-state index in [2.05, 4.69) is 88.4 Å². The highest BCUT2D eigenvalue weighted by atomic mass is 32.2. The zero-order valence-corrected chi connectivity index (χ0v) is 47.0.